The van der Waals surface area contributed by atoms with Crippen molar-refractivity contribution in [1.29, 1.82) is 0 Å². The lowest BCUT2D eigenvalue weighted by Crippen LogP contribution is -2.22. The van der Waals surface area contributed by atoms with Crippen LogP contribution < -0.4 is 0 Å². The fourth-order valence-corrected chi connectivity index (χ4v) is 1.81. The number of rotatable bonds is 1. The van der Waals surface area contributed by atoms with E-state index in [9.17, 15) is 4.79 Å². The van der Waals surface area contributed by atoms with E-state index in [0.29, 0.717) is 5.78 Å². The third kappa shape index (κ3) is 1.40. The van der Waals surface area contributed by atoms with E-state index in [2.05, 4.69) is 46.9 Å². The molecule has 1 aromatic rings. The molecule has 1 unspecified atom stereocenters. The number of ketones is 1. The summed E-state index contributed by atoms with van der Waals surface area (Å²) in [5.41, 5.74) is 1.19. The molecular weight excluding hydrogens is 263 g/mol. The number of halogens is 1. The molecule has 0 radical (unpaired) electrons. The molecule has 0 spiro atoms. The van der Waals surface area contributed by atoms with Gasteiger partial charge in [0, 0.05) is 15.9 Å². The lowest BCUT2D eigenvalue weighted by Gasteiger charge is -2.23. The van der Waals surface area contributed by atoms with Gasteiger partial charge in [0.25, 0.3) is 0 Å². The van der Waals surface area contributed by atoms with Gasteiger partial charge in [-0.05, 0) is 46.7 Å². The first-order valence-corrected chi connectivity index (χ1v) is 5.13. The molecule has 1 aliphatic carbocycles. The average Bonchev–Trinajstić information content (AvgIpc) is 2.06. The Labute approximate surface area is 85.3 Å². The molecule has 12 heavy (non-hydrogen) atoms. The van der Waals surface area contributed by atoms with Crippen molar-refractivity contribution in [3.63, 3.8) is 0 Å². The monoisotopic (exact) mass is 272 g/mol. The van der Waals surface area contributed by atoms with Crippen molar-refractivity contribution in [2.24, 2.45) is 0 Å². The molecule has 1 fully saturated rings. The molecule has 1 nitrogen and oxygen atoms in total. The van der Waals surface area contributed by atoms with Crippen LogP contribution in [0, 0.1) is 3.57 Å². The Balaban J connectivity index is 2.23. The van der Waals surface area contributed by atoms with Crippen LogP contribution in [0.3, 0.4) is 0 Å². The van der Waals surface area contributed by atoms with Crippen LogP contribution in [0.4, 0.5) is 0 Å². The number of hydrogen-bond acceptors (Lipinski definition) is 1. The molecule has 1 saturated carbocycles. The number of hydrogen-bond donors (Lipinski definition) is 0. The number of benzene rings is 1. The predicted octanol–water partition coefficient (Wildman–Crippen LogP) is 2.74. The van der Waals surface area contributed by atoms with Crippen molar-refractivity contribution in [3.05, 3.63) is 33.4 Å². The van der Waals surface area contributed by atoms with Gasteiger partial charge in [-0.25, -0.2) is 0 Å². The van der Waals surface area contributed by atoms with E-state index in [4.69, 9.17) is 0 Å². The van der Waals surface area contributed by atoms with E-state index in [0.717, 1.165) is 12.8 Å². The average molecular weight is 272 g/mol. The highest BCUT2D eigenvalue weighted by molar-refractivity contribution is 14.1. The predicted molar refractivity (Wildman–Crippen MR) is 56.1 cm³/mol. The largest absolute Gasteiger partial charge is 0.299 e. The van der Waals surface area contributed by atoms with Crippen LogP contribution in [0.1, 0.15) is 24.3 Å². The third-order valence-corrected chi connectivity index (χ3v) is 3.06. The van der Waals surface area contributed by atoms with Crippen molar-refractivity contribution >= 4 is 28.4 Å². The maximum Gasteiger partial charge on any atom is 0.140 e. The van der Waals surface area contributed by atoms with Crippen LogP contribution in [0.25, 0.3) is 0 Å². The molecule has 1 aromatic carbocycles. The van der Waals surface area contributed by atoms with E-state index < -0.39 is 0 Å². The summed E-state index contributed by atoms with van der Waals surface area (Å²) < 4.78 is 1.23. The number of Topliss-reactive ketones (excluding diaryl/α,β-unsaturated/α-hetero) is 1. The highest BCUT2D eigenvalue weighted by Gasteiger charge is 2.28. The molecule has 2 rings (SSSR count). The number of carbonyl (C=O) groups is 1. The van der Waals surface area contributed by atoms with Crippen LogP contribution in [0.2, 0.25) is 0 Å². The molecule has 0 N–H and O–H groups in total. The minimum absolute atomic E-state index is 0.210. The summed E-state index contributed by atoms with van der Waals surface area (Å²) in [6.07, 6.45) is 1.82. The van der Waals surface area contributed by atoms with Crippen LogP contribution in [-0.4, -0.2) is 5.78 Å². The maximum atomic E-state index is 11.1. The van der Waals surface area contributed by atoms with Gasteiger partial charge < -0.3 is 0 Å². The lowest BCUT2D eigenvalue weighted by atomic mass is 9.79. The van der Waals surface area contributed by atoms with Crippen LogP contribution in [-0.2, 0) is 4.79 Å². The second-order valence-corrected chi connectivity index (χ2v) is 4.35. The Kier molecular flexibility index (Phi) is 2.17. The summed E-state index contributed by atoms with van der Waals surface area (Å²) in [7, 11) is 0. The van der Waals surface area contributed by atoms with Crippen molar-refractivity contribution in [3.8, 4) is 0 Å². The van der Waals surface area contributed by atoms with E-state index in [1.807, 2.05) is 0 Å². The minimum Gasteiger partial charge on any atom is -0.299 e. The Morgan fingerprint density at radius 2 is 1.92 bits per heavy atom. The second-order valence-electron chi connectivity index (χ2n) is 3.11. The van der Waals surface area contributed by atoms with Gasteiger partial charge in [-0.15, -0.1) is 0 Å². The Bertz CT molecular complexity index is 302. The molecule has 62 valence electrons. The number of carbonyl (C=O) groups excluding carboxylic acids is 1. The first-order valence-electron chi connectivity index (χ1n) is 4.05. The Hall–Kier alpha value is -0.380. The summed E-state index contributed by atoms with van der Waals surface area (Å²) in [6, 6.07) is 8.23. The molecule has 0 bridgehead atoms. The zero-order valence-electron chi connectivity index (χ0n) is 6.59. The molecular formula is C10H9IO. The highest BCUT2D eigenvalue weighted by Crippen LogP contribution is 2.32. The van der Waals surface area contributed by atoms with Gasteiger partial charge in [-0.3, -0.25) is 4.79 Å². The van der Waals surface area contributed by atoms with E-state index in [-0.39, 0.29) is 5.92 Å². The summed E-state index contributed by atoms with van der Waals surface area (Å²) >= 11 is 2.27. The van der Waals surface area contributed by atoms with Gasteiger partial charge in [0.2, 0.25) is 0 Å². The summed E-state index contributed by atoms with van der Waals surface area (Å²) in [6.45, 7) is 0. The smallest absolute Gasteiger partial charge is 0.140 e. The summed E-state index contributed by atoms with van der Waals surface area (Å²) in [4.78, 5) is 11.1. The van der Waals surface area contributed by atoms with E-state index in [1.165, 1.54) is 9.13 Å². The lowest BCUT2D eigenvalue weighted by molar-refractivity contribution is -0.125. The summed E-state index contributed by atoms with van der Waals surface area (Å²) in [5.74, 6) is 0.609. The van der Waals surface area contributed by atoms with Gasteiger partial charge in [0.05, 0.1) is 0 Å². The molecule has 2 heteroatoms. The normalized spacial score (nSPS) is 22.1. The van der Waals surface area contributed by atoms with Gasteiger partial charge in [0.1, 0.15) is 5.78 Å². The highest BCUT2D eigenvalue weighted by atomic mass is 127. The third-order valence-electron chi connectivity index (χ3n) is 2.34. The SMILES string of the molecule is O=C1CCC1c1ccc(I)cc1. The minimum atomic E-state index is 0.210. The fraction of sp³-hybridized carbons (Fsp3) is 0.300. The first kappa shape index (κ1) is 8.23. The molecule has 1 atom stereocenters. The molecule has 0 aliphatic heterocycles. The van der Waals surface area contributed by atoms with Crippen molar-refractivity contribution in [2.45, 2.75) is 18.8 Å². The van der Waals surface area contributed by atoms with E-state index >= 15 is 0 Å². The topological polar surface area (TPSA) is 17.1 Å². The Morgan fingerprint density at radius 3 is 2.33 bits per heavy atom. The molecule has 1 aliphatic rings. The molecule has 0 heterocycles. The van der Waals surface area contributed by atoms with Gasteiger partial charge in [-0.1, -0.05) is 12.1 Å². The molecule has 0 aromatic heterocycles. The second kappa shape index (κ2) is 3.17. The standard InChI is InChI=1S/C10H9IO/c11-8-3-1-7(2-4-8)9-5-6-10(9)12/h1-4,9H,5-6H2. The first-order chi connectivity index (χ1) is 5.77. The van der Waals surface area contributed by atoms with E-state index in [1.54, 1.807) is 0 Å². The quantitative estimate of drug-likeness (QED) is 0.718. The molecule has 0 saturated heterocycles. The maximum absolute atomic E-state index is 11.1. The molecule has 0 amide bonds. The Morgan fingerprint density at radius 1 is 1.25 bits per heavy atom. The summed E-state index contributed by atoms with van der Waals surface area (Å²) in [5, 5.41) is 0. The van der Waals surface area contributed by atoms with Gasteiger partial charge in [-0.2, -0.15) is 0 Å². The van der Waals surface area contributed by atoms with Crippen molar-refractivity contribution in [2.75, 3.05) is 0 Å². The van der Waals surface area contributed by atoms with Crippen molar-refractivity contribution in [1.82, 2.24) is 0 Å². The van der Waals surface area contributed by atoms with Crippen LogP contribution in [0.15, 0.2) is 24.3 Å². The zero-order chi connectivity index (χ0) is 8.55. The van der Waals surface area contributed by atoms with Gasteiger partial charge in [0.15, 0.2) is 0 Å². The van der Waals surface area contributed by atoms with Crippen LogP contribution >= 0.6 is 22.6 Å². The van der Waals surface area contributed by atoms with Crippen LogP contribution in [0.5, 0.6) is 0 Å². The fourth-order valence-electron chi connectivity index (χ4n) is 1.45. The zero-order valence-corrected chi connectivity index (χ0v) is 8.74. The van der Waals surface area contributed by atoms with Gasteiger partial charge >= 0.3 is 0 Å². The van der Waals surface area contributed by atoms with Crippen molar-refractivity contribution < 1.29 is 4.79 Å².